The van der Waals surface area contributed by atoms with E-state index in [2.05, 4.69) is 48.7 Å². The molecule has 1 aliphatic carbocycles. The van der Waals surface area contributed by atoms with E-state index in [1.807, 2.05) is 79.8 Å². The number of allylic oxidation sites excluding steroid dienone is 5. The number of hydrogen-bond donors (Lipinski definition) is 7. The fourth-order valence-corrected chi connectivity index (χ4v) is 18.5. The van der Waals surface area contributed by atoms with Gasteiger partial charge in [-0.15, -0.1) is 0 Å². The van der Waals surface area contributed by atoms with E-state index in [9.17, 15) is 48.9 Å². The molecule has 131 heavy (non-hydrogen) atoms. The Morgan fingerprint density at radius 3 is 2.13 bits per heavy atom. The van der Waals surface area contributed by atoms with Crippen LogP contribution in [0, 0.1) is 35.5 Å². The number of aromatic nitrogens is 5. The summed E-state index contributed by atoms with van der Waals surface area (Å²) in [6, 6.07) is 10.8. The lowest BCUT2D eigenvalue weighted by molar-refractivity contribution is -0.265. The fourth-order valence-electron chi connectivity index (χ4n) is 18.5. The van der Waals surface area contributed by atoms with Crippen molar-refractivity contribution in [3.05, 3.63) is 107 Å². The highest BCUT2D eigenvalue weighted by Crippen LogP contribution is 2.40. The summed E-state index contributed by atoms with van der Waals surface area (Å²) in [5, 5.41) is 47.4. The lowest BCUT2D eigenvalue weighted by Gasteiger charge is -2.43. The molecule has 0 radical (unpaired) electrons. The molecule has 8 heterocycles. The van der Waals surface area contributed by atoms with Crippen molar-refractivity contribution in [3.63, 3.8) is 0 Å². The number of oxazole rings is 1. The van der Waals surface area contributed by atoms with Crippen molar-refractivity contribution in [2.75, 3.05) is 151 Å². The third kappa shape index (κ3) is 29.2. The number of benzene rings is 2. The van der Waals surface area contributed by atoms with Crippen LogP contribution in [0.25, 0.3) is 33.4 Å². The maximum Gasteiger partial charge on any atom is 0.407 e. The van der Waals surface area contributed by atoms with Crippen molar-refractivity contribution < 1.29 is 110 Å². The maximum atomic E-state index is 14.8. The summed E-state index contributed by atoms with van der Waals surface area (Å²) in [6.45, 7) is 20.4. The fraction of sp³-hybridized carbons (Fsp3) is 0.656. The molecule has 5 aliphatic heterocycles. The summed E-state index contributed by atoms with van der Waals surface area (Å²) in [5.41, 5.74) is 20.0. The van der Waals surface area contributed by atoms with Gasteiger partial charge in [0.25, 0.3) is 17.7 Å². The normalized spacial score (nSPS) is 28.0. The van der Waals surface area contributed by atoms with Gasteiger partial charge >= 0.3 is 12.1 Å². The van der Waals surface area contributed by atoms with E-state index in [1.165, 1.54) is 23.9 Å². The third-order valence-electron chi connectivity index (χ3n) is 26.3. The predicted octanol–water partition coefficient (Wildman–Crippen LogP) is 8.52. The number of methoxy groups -OCH3 is 3. The Labute approximate surface area is 768 Å². The van der Waals surface area contributed by atoms with Crippen LogP contribution in [-0.2, 0) is 105 Å². The number of ketones is 2. The zero-order chi connectivity index (χ0) is 93.7. The highest BCUT2D eigenvalue weighted by atomic mass is 16.6. The van der Waals surface area contributed by atoms with Gasteiger partial charge in [0.1, 0.15) is 53.8 Å². The van der Waals surface area contributed by atoms with Crippen molar-refractivity contribution in [1.29, 1.82) is 0 Å². The third-order valence-corrected chi connectivity index (χ3v) is 26.3. The van der Waals surface area contributed by atoms with E-state index in [0.29, 0.717) is 202 Å². The molecule has 16 atom stereocenters. The minimum atomic E-state index is -2.47. The summed E-state index contributed by atoms with van der Waals surface area (Å²) in [7, 11) is 4.52. The van der Waals surface area contributed by atoms with Gasteiger partial charge in [-0.25, -0.2) is 24.2 Å². The van der Waals surface area contributed by atoms with Crippen LogP contribution in [0.1, 0.15) is 161 Å². The van der Waals surface area contributed by atoms with Gasteiger partial charge < -0.3 is 108 Å². The summed E-state index contributed by atoms with van der Waals surface area (Å²) < 4.78 is 77.3. The van der Waals surface area contributed by atoms with Gasteiger partial charge in [0, 0.05) is 109 Å². The predicted molar refractivity (Wildman–Crippen MR) is 487 cm³/mol. The number of nitrogen functional groups attached to an aromatic ring is 2. The van der Waals surface area contributed by atoms with E-state index in [0.717, 1.165) is 41.5 Å². The molecule has 722 valence electrons. The van der Waals surface area contributed by atoms with Crippen LogP contribution in [0.3, 0.4) is 0 Å². The number of rotatable bonds is 34. The number of amides is 4. The van der Waals surface area contributed by atoms with Crippen LogP contribution in [-0.4, -0.2) is 303 Å². The number of fused-ring (bicyclic) bond motifs is 6. The number of nitrogens with zero attached hydrogens (tertiary/aromatic N) is 8. The zero-order valence-corrected chi connectivity index (χ0v) is 77.9. The SMILES string of the molecule is CO[C@H]1C[C@@H]2CC[C@@H](C)[C@@](O)(O2)C(=O)C(=O)N2CCCC[C@H]2C(=O)O[C@H]([C@H](C)C[C@@H]2CC[C@@H](OC(=O)NCCOCCOCCOCCOCCOCCOCCC(=O)NC3CCN(CC(=O)N4CCc5cc(Cn6nc(-c7ccc8oc(N)nc8c7)c7c(N)ncnc76)ccc5C4)CC3)[C@H](OC)C2)C[C@@H](O)[C@H](C)/C=C(\C)[C@@H](O)[C@@H](OC)C(=O)[C@H](C)C[C@H](C)/C=C/C=C/C=C/1C. The zero-order valence-electron chi connectivity index (χ0n) is 77.9. The Balaban J connectivity index is 0.518. The molecule has 4 fully saturated rings. The molecule has 35 nitrogen and oxygen atoms in total. The molecule has 1 saturated carbocycles. The first-order valence-electron chi connectivity index (χ1n) is 46.7. The monoisotopic (exact) mass is 1830 g/mol. The number of carbonyl (C=O) groups is 7. The average Bonchev–Trinajstić information content (AvgIpc) is 1.59. The second-order valence-electron chi connectivity index (χ2n) is 36.0. The minimum Gasteiger partial charge on any atom is -0.460 e. The lowest BCUT2D eigenvalue weighted by Crippen LogP contribution is -2.61. The number of aliphatic hydroxyl groups is 3. The topological polar surface area (TPSA) is 446 Å². The first-order valence-corrected chi connectivity index (χ1v) is 46.7. The molecule has 11 rings (SSSR count). The summed E-state index contributed by atoms with van der Waals surface area (Å²) in [4.78, 5) is 116. The number of esters is 1. The molecule has 4 amide bonds. The van der Waals surface area contributed by atoms with E-state index in [1.54, 1.807) is 47.1 Å². The molecule has 0 spiro atoms. The Morgan fingerprint density at radius 1 is 0.718 bits per heavy atom. The standard InChI is InChI=1S/C96H140N12O23/c1-60-16-12-11-13-17-61(2)79(119-8)54-73-24-19-66(7)96(118,131-73)89(114)92(115)107-32-15-14-18-75(107)93(116)128-80(55-76(109)62(3)49-65(6)87(113)88(121-10)86(112)64(5)48-60)63(4)50-67-21-25-78(81(52-67)120-9)130-95(117)99-31-37-123-39-41-125-43-45-127-47-46-126-44-42-124-40-38-122-36-30-82(110)102-72-28-33-105(34-29-72)58-83(111)106-35-27-69-51-68(20-22-71(69)57-106)56-108-91-84(90(97)100-59-101-91)85(104-108)70-23-26-77-74(53-70)103-94(98)129-77/h11-13,16-17,20,22-23,26,49,51,53,59-60,62-64,66-67,72-73,75-76,78-81,87-88,109,113,118H,14-15,18-19,21,24-25,27-48,50,52,54-58H2,1-10H3,(H2,98,103)(H,99,117)(H,102,110)(H2,97,100,101)/b13-11+,16-12+,61-17+,65-49+/t60-,62-,63-,64-,66-,67+,73+,75+,76-,78-,79+,80+,81-,87-,88+,96-/m1/s1. The van der Waals surface area contributed by atoms with Gasteiger partial charge in [-0.1, -0.05) is 89.3 Å². The Kier molecular flexibility index (Phi) is 39.8. The highest BCUT2D eigenvalue weighted by Gasteiger charge is 2.53. The molecule has 3 saturated heterocycles. The number of Topliss-reactive ketones (excluding diaryl/α,β-unsaturated/α-hetero) is 2. The number of nitrogens with one attached hydrogen (secondary N) is 2. The number of anilines is 2. The molecule has 2 bridgehead atoms. The van der Waals surface area contributed by atoms with Gasteiger partial charge in [-0.05, 0) is 161 Å². The van der Waals surface area contributed by atoms with Crippen molar-refractivity contribution in [3.8, 4) is 11.3 Å². The van der Waals surface area contributed by atoms with E-state index >= 15 is 0 Å². The van der Waals surface area contributed by atoms with Gasteiger partial charge in [-0.3, -0.25) is 28.9 Å². The molecular formula is C96H140N12O23. The van der Waals surface area contributed by atoms with Crippen molar-refractivity contribution >= 4 is 75.3 Å². The van der Waals surface area contributed by atoms with Crippen LogP contribution in [0.5, 0.6) is 0 Å². The summed E-state index contributed by atoms with van der Waals surface area (Å²) >= 11 is 0. The second-order valence-corrected chi connectivity index (χ2v) is 36.0. The smallest absolute Gasteiger partial charge is 0.407 e. The van der Waals surface area contributed by atoms with Crippen LogP contribution in [0.4, 0.5) is 16.6 Å². The Hall–Kier alpha value is -9.05. The molecule has 5 aromatic rings. The summed E-state index contributed by atoms with van der Waals surface area (Å²) in [6.07, 6.45) is 12.8. The van der Waals surface area contributed by atoms with Crippen LogP contribution in [0.2, 0.25) is 0 Å². The number of carbonyl (C=O) groups excluding carboxylic acids is 7. The number of ether oxygens (including phenoxy) is 12. The molecule has 6 aliphatic rings. The van der Waals surface area contributed by atoms with Gasteiger partial charge in [0.15, 0.2) is 17.0 Å². The molecule has 35 heteroatoms. The van der Waals surface area contributed by atoms with Crippen LogP contribution < -0.4 is 22.1 Å². The van der Waals surface area contributed by atoms with Crippen LogP contribution in [0.15, 0.2) is 94.7 Å². The maximum absolute atomic E-state index is 14.8. The number of piperidine rings is 2. The Morgan fingerprint density at radius 2 is 1.43 bits per heavy atom. The number of cyclic esters (lactones) is 1. The Bertz CT molecular complexity index is 4680. The molecule has 9 N–H and O–H groups in total. The average molecular weight is 1830 g/mol. The van der Waals surface area contributed by atoms with E-state index in [-0.39, 0.29) is 93.5 Å². The molecule has 2 aromatic carbocycles. The second kappa shape index (κ2) is 50.9. The van der Waals surface area contributed by atoms with E-state index in [4.69, 9.17) is 77.8 Å². The van der Waals surface area contributed by atoms with Gasteiger partial charge in [0.05, 0.1) is 122 Å². The summed E-state index contributed by atoms with van der Waals surface area (Å²) in [5.74, 6) is -7.60. The van der Waals surface area contributed by atoms with Gasteiger partial charge in [0.2, 0.25) is 17.6 Å². The first kappa shape index (κ1) is 102. The highest BCUT2D eigenvalue weighted by molar-refractivity contribution is 6.39. The van der Waals surface area contributed by atoms with Crippen molar-refractivity contribution in [2.24, 2.45) is 35.5 Å². The van der Waals surface area contributed by atoms with Gasteiger partial charge in [-0.2, -0.15) is 10.1 Å². The molecular weight excluding hydrogens is 1690 g/mol. The first-order chi connectivity index (χ1) is 63.1. The number of likely N-dealkylation sites (tertiary alicyclic amines) is 1. The number of hydrogen-bond acceptors (Lipinski definition) is 30. The largest absolute Gasteiger partial charge is 0.460 e. The minimum absolute atomic E-state index is 0.00128. The quantitative estimate of drug-likeness (QED) is 0.00877. The number of aliphatic hydroxyl groups excluding tert-OH is 2. The van der Waals surface area contributed by atoms with E-state index < -0.39 is 108 Å². The van der Waals surface area contributed by atoms with Crippen LogP contribution >= 0.6 is 0 Å². The molecule has 0 unspecified atom stereocenters. The van der Waals surface area contributed by atoms with Crippen molar-refractivity contribution in [1.82, 2.24) is 50.1 Å². The molecule has 3 aromatic heterocycles. The number of nitrogens with two attached hydrogens (primary N) is 2. The van der Waals surface area contributed by atoms with Crippen molar-refractivity contribution in [2.45, 2.75) is 231 Å². The lowest BCUT2D eigenvalue weighted by atomic mass is 9.78. The number of alkyl carbamates (subject to hydrolysis) is 1.